The van der Waals surface area contributed by atoms with Crippen LogP contribution in [0.4, 0.5) is 0 Å². The summed E-state index contributed by atoms with van der Waals surface area (Å²) in [5, 5.41) is 2.67. The van der Waals surface area contributed by atoms with Crippen LogP contribution in [-0.2, 0) is 19.1 Å². The zero-order valence-electron chi connectivity index (χ0n) is 25.9. The van der Waals surface area contributed by atoms with Crippen LogP contribution in [-0.4, -0.2) is 43.7 Å². The maximum Gasteiger partial charge on any atom is 0.335 e. The summed E-state index contributed by atoms with van der Waals surface area (Å²) in [5.74, 6) is -1.16. The van der Waals surface area contributed by atoms with E-state index in [4.69, 9.17) is 14.2 Å². The molecule has 0 spiro atoms. The number of hydrogen-bond acceptors (Lipinski definition) is 6. The second-order valence-electron chi connectivity index (χ2n) is 9.84. The van der Waals surface area contributed by atoms with Crippen molar-refractivity contribution in [2.45, 2.75) is 97.5 Å². The Morgan fingerprint density at radius 2 is 1.40 bits per heavy atom. The summed E-state index contributed by atoms with van der Waals surface area (Å²) in [4.78, 5) is 36.0. The van der Waals surface area contributed by atoms with Gasteiger partial charge in [-0.05, 0) is 63.5 Å². The molecule has 0 aromatic heterocycles. The molecule has 42 heavy (non-hydrogen) atoms. The van der Waals surface area contributed by atoms with Crippen LogP contribution >= 0.6 is 0 Å². The van der Waals surface area contributed by atoms with E-state index in [0.717, 1.165) is 51.4 Å². The molecule has 0 radical (unpaired) electrons. The predicted octanol–water partition coefficient (Wildman–Crippen LogP) is 7.83. The Kier molecular flexibility index (Phi) is 22.0. The number of para-hydroxylation sites is 1. The number of esters is 2. The van der Waals surface area contributed by atoms with Crippen molar-refractivity contribution in [2.24, 2.45) is 0 Å². The maximum atomic E-state index is 12.4. The van der Waals surface area contributed by atoms with E-state index in [-0.39, 0.29) is 24.5 Å². The van der Waals surface area contributed by atoms with Crippen LogP contribution in [0.2, 0.25) is 0 Å². The first kappa shape index (κ1) is 36.6. The molecular weight excluding hydrogens is 530 g/mol. The smallest absolute Gasteiger partial charge is 0.335 e. The van der Waals surface area contributed by atoms with E-state index in [0.29, 0.717) is 13.0 Å². The summed E-state index contributed by atoms with van der Waals surface area (Å²) in [6, 6.07) is 6.47. The lowest BCUT2D eigenvalue weighted by atomic mass is 10.1. The number of carbonyl (C=O) groups is 3. The average molecular weight is 582 g/mol. The third-order valence-electron chi connectivity index (χ3n) is 6.20. The van der Waals surface area contributed by atoms with E-state index in [1.165, 1.54) is 19.8 Å². The lowest BCUT2D eigenvalue weighted by Crippen LogP contribution is -2.32. The van der Waals surface area contributed by atoms with E-state index in [1.54, 1.807) is 24.3 Å². The van der Waals surface area contributed by atoms with Gasteiger partial charge in [0.15, 0.2) is 6.10 Å². The third-order valence-corrected chi connectivity index (χ3v) is 6.20. The molecule has 0 bridgehead atoms. The second kappa shape index (κ2) is 25.3. The highest BCUT2D eigenvalue weighted by atomic mass is 16.6. The Labute approximate surface area is 253 Å². The third kappa shape index (κ3) is 18.8. The average Bonchev–Trinajstić information content (AvgIpc) is 2.98. The number of rotatable bonds is 23. The molecule has 1 unspecified atom stereocenters. The summed E-state index contributed by atoms with van der Waals surface area (Å²) in [6.07, 6.45) is 28.4. The Bertz CT molecular complexity index is 1010. The van der Waals surface area contributed by atoms with Gasteiger partial charge in [-0.15, -0.1) is 0 Å². The number of benzene rings is 1. The van der Waals surface area contributed by atoms with Crippen molar-refractivity contribution in [1.82, 2.24) is 5.32 Å². The van der Waals surface area contributed by atoms with E-state index >= 15 is 0 Å². The van der Waals surface area contributed by atoms with E-state index in [9.17, 15) is 14.4 Å². The number of carbonyl (C=O) groups excluding carboxylic acids is 3. The quantitative estimate of drug-likeness (QED) is 0.0613. The van der Waals surface area contributed by atoms with Gasteiger partial charge in [0.2, 0.25) is 0 Å². The highest BCUT2D eigenvalue weighted by molar-refractivity contribution is 5.97. The molecule has 1 atom stereocenters. The Hall–Kier alpha value is -3.45. The lowest BCUT2D eigenvalue weighted by Gasteiger charge is -2.15. The molecule has 7 nitrogen and oxygen atoms in total. The normalized spacial score (nSPS) is 12.5. The van der Waals surface area contributed by atoms with E-state index < -0.39 is 23.9 Å². The van der Waals surface area contributed by atoms with E-state index in [2.05, 4.69) is 60.8 Å². The molecule has 0 saturated carbocycles. The molecular formula is C35H51NO6. The molecule has 1 amide bonds. The molecule has 0 fully saturated rings. The van der Waals surface area contributed by atoms with Gasteiger partial charge in [-0.1, -0.05) is 93.9 Å². The first-order valence-corrected chi connectivity index (χ1v) is 15.4. The first-order valence-electron chi connectivity index (χ1n) is 15.4. The SMILES string of the molecule is CCC=CCC=CCC=CCC=CCCCCCCCOC(CC)C(=O)OCCNC(=O)c1ccccc1OC(C)=O. The molecule has 0 aliphatic carbocycles. The lowest BCUT2D eigenvalue weighted by molar-refractivity contribution is -0.157. The molecule has 0 aliphatic heterocycles. The molecule has 1 rings (SSSR count). The molecule has 0 heterocycles. The topological polar surface area (TPSA) is 90.9 Å². The first-order chi connectivity index (χ1) is 20.5. The summed E-state index contributed by atoms with van der Waals surface area (Å²) in [7, 11) is 0. The van der Waals surface area contributed by atoms with Crippen LogP contribution in [0.15, 0.2) is 72.9 Å². The number of nitrogens with one attached hydrogen (secondary N) is 1. The summed E-state index contributed by atoms with van der Waals surface area (Å²) >= 11 is 0. The van der Waals surface area contributed by atoms with Crippen LogP contribution in [0.1, 0.15) is 102 Å². The number of hydrogen-bond donors (Lipinski definition) is 1. The molecule has 0 aliphatic rings. The highest BCUT2D eigenvalue weighted by Crippen LogP contribution is 2.18. The van der Waals surface area contributed by atoms with Gasteiger partial charge in [-0.2, -0.15) is 0 Å². The summed E-state index contributed by atoms with van der Waals surface area (Å²) in [6.45, 7) is 5.99. The molecule has 7 heteroatoms. The van der Waals surface area contributed by atoms with Gasteiger partial charge in [0.05, 0.1) is 12.1 Å². The minimum absolute atomic E-state index is 0.0272. The molecule has 1 aromatic rings. The van der Waals surface area contributed by atoms with Crippen molar-refractivity contribution in [2.75, 3.05) is 19.8 Å². The van der Waals surface area contributed by atoms with Crippen LogP contribution in [0, 0.1) is 0 Å². The van der Waals surface area contributed by atoms with Crippen LogP contribution in [0.25, 0.3) is 0 Å². The Morgan fingerprint density at radius 1 is 0.786 bits per heavy atom. The minimum atomic E-state index is -0.608. The summed E-state index contributed by atoms with van der Waals surface area (Å²) in [5.41, 5.74) is 0.239. The fraction of sp³-hybridized carbons (Fsp3) is 0.514. The van der Waals surface area contributed by atoms with Crippen molar-refractivity contribution >= 4 is 17.8 Å². The van der Waals surface area contributed by atoms with Crippen LogP contribution in [0.3, 0.4) is 0 Å². The number of allylic oxidation sites excluding steroid dienone is 8. The largest absolute Gasteiger partial charge is 0.462 e. The summed E-state index contributed by atoms with van der Waals surface area (Å²) < 4.78 is 16.1. The Morgan fingerprint density at radius 3 is 2.07 bits per heavy atom. The molecule has 1 N–H and O–H groups in total. The fourth-order valence-electron chi connectivity index (χ4n) is 3.97. The van der Waals surface area contributed by atoms with Crippen LogP contribution in [0.5, 0.6) is 5.75 Å². The van der Waals surface area contributed by atoms with Crippen molar-refractivity contribution < 1.29 is 28.6 Å². The van der Waals surface area contributed by atoms with Gasteiger partial charge >= 0.3 is 11.9 Å². The zero-order chi connectivity index (χ0) is 30.7. The van der Waals surface area contributed by atoms with Crippen molar-refractivity contribution in [3.63, 3.8) is 0 Å². The number of ether oxygens (including phenoxy) is 3. The molecule has 232 valence electrons. The number of amides is 1. The van der Waals surface area contributed by atoms with Gasteiger partial charge in [-0.3, -0.25) is 9.59 Å². The van der Waals surface area contributed by atoms with Gasteiger partial charge in [0.25, 0.3) is 5.91 Å². The standard InChI is InChI=1S/C35H51NO6/c1-4-6-7-8-9-10-11-12-13-14-15-16-17-18-19-20-21-24-28-40-32(5-2)35(39)41-29-27-36-34(38)31-25-22-23-26-33(31)42-30(3)37/h6-7,9-10,12-13,15-16,22-23,25-26,32H,4-5,8,11,14,17-21,24,27-29H2,1-3H3,(H,36,38). The van der Waals surface area contributed by atoms with Gasteiger partial charge in [0, 0.05) is 13.5 Å². The maximum absolute atomic E-state index is 12.4. The van der Waals surface area contributed by atoms with Crippen molar-refractivity contribution in [3.05, 3.63) is 78.4 Å². The fourth-order valence-corrected chi connectivity index (χ4v) is 3.97. The Balaban J connectivity index is 2.07. The minimum Gasteiger partial charge on any atom is -0.462 e. The molecule has 0 saturated heterocycles. The predicted molar refractivity (Wildman–Crippen MR) is 169 cm³/mol. The molecule has 1 aromatic carbocycles. The van der Waals surface area contributed by atoms with Gasteiger partial charge < -0.3 is 19.5 Å². The van der Waals surface area contributed by atoms with Crippen molar-refractivity contribution in [1.29, 1.82) is 0 Å². The number of unbranched alkanes of at least 4 members (excludes halogenated alkanes) is 5. The van der Waals surface area contributed by atoms with E-state index in [1.807, 2.05) is 6.92 Å². The zero-order valence-corrected chi connectivity index (χ0v) is 25.9. The monoisotopic (exact) mass is 581 g/mol. The van der Waals surface area contributed by atoms with Crippen LogP contribution < -0.4 is 10.1 Å². The highest BCUT2D eigenvalue weighted by Gasteiger charge is 2.19. The van der Waals surface area contributed by atoms with Crippen molar-refractivity contribution in [3.8, 4) is 5.75 Å². The second-order valence-corrected chi connectivity index (χ2v) is 9.84. The van der Waals surface area contributed by atoms with Gasteiger partial charge in [-0.25, -0.2) is 4.79 Å². The van der Waals surface area contributed by atoms with Gasteiger partial charge in [0.1, 0.15) is 12.4 Å².